The van der Waals surface area contributed by atoms with Crippen molar-refractivity contribution in [2.45, 2.75) is 13.8 Å². The first kappa shape index (κ1) is 20.0. The molecule has 0 radical (unpaired) electrons. The first-order valence-electron chi connectivity index (χ1n) is 8.78. The molecule has 2 amide bonds. The number of rotatable bonds is 8. The van der Waals surface area contributed by atoms with Gasteiger partial charge in [-0.3, -0.25) is 9.59 Å². The van der Waals surface area contributed by atoms with Gasteiger partial charge in [0, 0.05) is 18.8 Å². The lowest BCUT2D eigenvalue weighted by Gasteiger charge is -2.20. The van der Waals surface area contributed by atoms with Crippen LogP contribution in [0.2, 0.25) is 0 Å². The maximum Gasteiger partial charge on any atom is 0.259 e. The molecule has 3 N–H and O–H groups in total. The number of phenols is 1. The summed E-state index contributed by atoms with van der Waals surface area (Å²) in [6, 6.07) is 14.0. The third-order valence-electron chi connectivity index (χ3n) is 3.98. The maximum atomic E-state index is 11.9. The number of nitrogens with zero attached hydrogens (tertiary/aromatic N) is 2. The summed E-state index contributed by atoms with van der Waals surface area (Å²) in [5, 5.41) is 15.9. The zero-order valence-corrected chi connectivity index (χ0v) is 15.5. The van der Waals surface area contributed by atoms with E-state index >= 15 is 0 Å². The van der Waals surface area contributed by atoms with Crippen LogP contribution in [0.15, 0.2) is 53.6 Å². The highest BCUT2D eigenvalue weighted by molar-refractivity contribution is 5.98. The molecule has 2 rings (SSSR count). The molecule has 2 aromatic carbocycles. The van der Waals surface area contributed by atoms with E-state index in [-0.39, 0.29) is 17.9 Å². The summed E-state index contributed by atoms with van der Waals surface area (Å²) in [4.78, 5) is 25.9. The largest absolute Gasteiger partial charge is 0.507 e. The third-order valence-corrected chi connectivity index (χ3v) is 3.98. The van der Waals surface area contributed by atoms with Gasteiger partial charge < -0.3 is 15.3 Å². The molecule has 0 aliphatic rings. The van der Waals surface area contributed by atoms with Crippen LogP contribution in [-0.2, 0) is 4.79 Å². The predicted molar refractivity (Wildman–Crippen MR) is 106 cm³/mol. The number of carbonyl (C=O) groups is 2. The Labute approximate surface area is 158 Å². The van der Waals surface area contributed by atoms with Crippen molar-refractivity contribution in [3.05, 3.63) is 59.7 Å². The molecule has 0 saturated carbocycles. The topological polar surface area (TPSA) is 94.0 Å². The minimum atomic E-state index is -0.528. The number of hydrogen-bond donors (Lipinski definition) is 3. The van der Waals surface area contributed by atoms with E-state index in [0.29, 0.717) is 0 Å². The van der Waals surface area contributed by atoms with Crippen LogP contribution < -0.4 is 15.6 Å². The van der Waals surface area contributed by atoms with Gasteiger partial charge >= 0.3 is 0 Å². The van der Waals surface area contributed by atoms with Gasteiger partial charge in [0.15, 0.2) is 0 Å². The monoisotopic (exact) mass is 368 g/mol. The minimum Gasteiger partial charge on any atom is -0.507 e. The lowest BCUT2D eigenvalue weighted by molar-refractivity contribution is -0.120. The first-order valence-corrected chi connectivity index (χ1v) is 8.78. The maximum absolute atomic E-state index is 11.9. The van der Waals surface area contributed by atoms with E-state index in [0.717, 1.165) is 24.3 Å². The van der Waals surface area contributed by atoms with Crippen LogP contribution in [0.1, 0.15) is 29.8 Å². The molecular weight excluding hydrogens is 344 g/mol. The molecule has 0 saturated heterocycles. The van der Waals surface area contributed by atoms with Crippen LogP contribution in [0.4, 0.5) is 5.69 Å². The summed E-state index contributed by atoms with van der Waals surface area (Å²) < 4.78 is 0. The Hall–Kier alpha value is -3.35. The second kappa shape index (κ2) is 9.96. The molecule has 0 aliphatic carbocycles. The number of hydrazone groups is 1. The summed E-state index contributed by atoms with van der Waals surface area (Å²) in [5.41, 5.74) is 4.45. The van der Waals surface area contributed by atoms with Crippen molar-refractivity contribution < 1.29 is 14.7 Å². The lowest BCUT2D eigenvalue weighted by atomic mass is 10.2. The molecule has 0 fully saturated rings. The number of hydrogen-bond acceptors (Lipinski definition) is 5. The fourth-order valence-corrected chi connectivity index (χ4v) is 2.50. The predicted octanol–water partition coefficient (Wildman–Crippen LogP) is 2.12. The Morgan fingerprint density at radius 1 is 1.07 bits per heavy atom. The Balaban J connectivity index is 1.81. The summed E-state index contributed by atoms with van der Waals surface area (Å²) in [6.45, 7) is 5.84. The van der Waals surface area contributed by atoms with Crippen LogP contribution in [0, 0.1) is 0 Å². The molecule has 7 nitrogen and oxygen atoms in total. The average Bonchev–Trinajstić information content (AvgIpc) is 2.68. The summed E-state index contributed by atoms with van der Waals surface area (Å²) in [5.74, 6) is -1.13. The van der Waals surface area contributed by atoms with Crippen LogP contribution in [0.25, 0.3) is 0 Å². The minimum absolute atomic E-state index is 0.113. The second-order valence-electron chi connectivity index (χ2n) is 5.76. The molecule has 0 aliphatic heterocycles. The van der Waals surface area contributed by atoms with Crippen LogP contribution in [-0.4, -0.2) is 42.8 Å². The summed E-state index contributed by atoms with van der Waals surface area (Å²) in [6.07, 6.45) is 1.54. The Bertz CT molecular complexity index is 799. The van der Waals surface area contributed by atoms with Gasteiger partial charge in [0.05, 0.1) is 18.3 Å². The fourth-order valence-electron chi connectivity index (χ4n) is 2.50. The molecule has 0 aromatic heterocycles. The second-order valence-corrected chi connectivity index (χ2v) is 5.76. The number of anilines is 1. The molecule has 2 aromatic rings. The molecule has 0 atom stereocenters. The molecule has 0 unspecified atom stereocenters. The summed E-state index contributed by atoms with van der Waals surface area (Å²) in [7, 11) is 0. The van der Waals surface area contributed by atoms with Crippen molar-refractivity contribution in [1.82, 2.24) is 10.7 Å². The molecule has 142 valence electrons. The van der Waals surface area contributed by atoms with Gasteiger partial charge in [-0.1, -0.05) is 24.3 Å². The number of carbonyl (C=O) groups excluding carboxylic acids is 2. The Morgan fingerprint density at radius 2 is 1.74 bits per heavy atom. The first-order chi connectivity index (χ1) is 13.0. The van der Waals surface area contributed by atoms with Crippen molar-refractivity contribution in [2.24, 2.45) is 5.10 Å². The Morgan fingerprint density at radius 3 is 2.37 bits per heavy atom. The highest BCUT2D eigenvalue weighted by Gasteiger charge is 2.11. The van der Waals surface area contributed by atoms with E-state index in [1.807, 2.05) is 24.3 Å². The van der Waals surface area contributed by atoms with Gasteiger partial charge in [0.1, 0.15) is 5.75 Å². The number of para-hydroxylation sites is 1. The van der Waals surface area contributed by atoms with E-state index in [1.54, 1.807) is 12.1 Å². The third kappa shape index (κ3) is 5.85. The van der Waals surface area contributed by atoms with Crippen LogP contribution in [0.5, 0.6) is 5.75 Å². The molecule has 0 spiro atoms. The van der Waals surface area contributed by atoms with Gasteiger partial charge in [-0.05, 0) is 43.7 Å². The standard InChI is InChI=1S/C20H24N4O3/c1-3-24(4-2)16-11-9-15(10-12-16)13-22-23-19(26)14-21-20(27)17-7-5-6-8-18(17)25/h5-13,25H,3-4,14H2,1-2H3,(H,21,27)(H,23,26)/b22-13-. The highest BCUT2D eigenvalue weighted by Crippen LogP contribution is 2.15. The molecule has 0 bridgehead atoms. The van der Waals surface area contributed by atoms with Crippen molar-refractivity contribution in [3.8, 4) is 5.75 Å². The number of benzene rings is 2. The molecule has 7 heteroatoms. The van der Waals surface area contributed by atoms with E-state index in [9.17, 15) is 14.7 Å². The number of amides is 2. The van der Waals surface area contributed by atoms with Gasteiger partial charge in [0.2, 0.25) is 0 Å². The SMILES string of the molecule is CCN(CC)c1ccc(/C=N\NC(=O)CNC(=O)c2ccccc2O)cc1. The summed E-state index contributed by atoms with van der Waals surface area (Å²) >= 11 is 0. The van der Waals surface area contributed by atoms with Gasteiger partial charge in [-0.25, -0.2) is 5.43 Å². The smallest absolute Gasteiger partial charge is 0.259 e. The van der Waals surface area contributed by atoms with Gasteiger partial charge in [0.25, 0.3) is 11.8 Å². The number of aromatic hydroxyl groups is 1. The van der Waals surface area contributed by atoms with E-state index in [1.165, 1.54) is 18.3 Å². The Kier molecular flexibility index (Phi) is 7.37. The van der Waals surface area contributed by atoms with E-state index in [2.05, 4.69) is 34.6 Å². The van der Waals surface area contributed by atoms with E-state index in [4.69, 9.17) is 0 Å². The quantitative estimate of drug-likeness (QED) is 0.491. The van der Waals surface area contributed by atoms with Crippen molar-refractivity contribution >= 4 is 23.7 Å². The lowest BCUT2D eigenvalue weighted by Crippen LogP contribution is -2.34. The highest BCUT2D eigenvalue weighted by atomic mass is 16.3. The zero-order valence-electron chi connectivity index (χ0n) is 15.5. The van der Waals surface area contributed by atoms with Crippen molar-refractivity contribution in [3.63, 3.8) is 0 Å². The fraction of sp³-hybridized carbons (Fsp3) is 0.250. The van der Waals surface area contributed by atoms with Crippen molar-refractivity contribution in [1.29, 1.82) is 0 Å². The van der Waals surface area contributed by atoms with Gasteiger partial charge in [-0.2, -0.15) is 5.10 Å². The number of phenolic OH excluding ortho intramolecular Hbond substituents is 1. The molecule has 0 heterocycles. The molecule has 27 heavy (non-hydrogen) atoms. The van der Waals surface area contributed by atoms with E-state index < -0.39 is 11.8 Å². The average molecular weight is 368 g/mol. The number of nitrogens with one attached hydrogen (secondary N) is 2. The van der Waals surface area contributed by atoms with Crippen LogP contribution in [0.3, 0.4) is 0 Å². The van der Waals surface area contributed by atoms with Crippen molar-refractivity contribution in [2.75, 3.05) is 24.5 Å². The zero-order chi connectivity index (χ0) is 19.6. The van der Waals surface area contributed by atoms with Gasteiger partial charge in [-0.15, -0.1) is 0 Å². The molecular formula is C20H24N4O3. The van der Waals surface area contributed by atoms with Crippen LogP contribution >= 0.6 is 0 Å². The normalized spacial score (nSPS) is 10.6.